The maximum atomic E-state index is 12.2. The topological polar surface area (TPSA) is 35.5 Å². The molecule has 0 aliphatic heterocycles. The van der Waals surface area contributed by atoms with Crippen LogP contribution in [-0.2, 0) is 14.3 Å². The molecule has 3 aromatic carbocycles. The van der Waals surface area contributed by atoms with Crippen molar-refractivity contribution in [3.63, 3.8) is 0 Å². The summed E-state index contributed by atoms with van der Waals surface area (Å²) >= 11 is 0. The molecule has 0 unspecified atom stereocenters. The summed E-state index contributed by atoms with van der Waals surface area (Å²) in [5.41, 5.74) is 0. The summed E-state index contributed by atoms with van der Waals surface area (Å²) in [5.74, 6) is 2.26. The predicted molar refractivity (Wildman–Crippen MR) is 128 cm³/mol. The van der Waals surface area contributed by atoms with Crippen LogP contribution in [0.15, 0.2) is 103 Å². The third-order valence-electron chi connectivity index (χ3n) is 4.67. The largest absolute Gasteiger partial charge is 0.494 e. The Kier molecular flexibility index (Phi) is 7.70. The minimum atomic E-state index is -2.24. The first-order valence-corrected chi connectivity index (χ1v) is 12.0. The molecule has 3 nitrogen and oxygen atoms in total. The van der Waals surface area contributed by atoms with Crippen LogP contribution in [0.1, 0.15) is 13.8 Å². The van der Waals surface area contributed by atoms with Crippen LogP contribution in [0.25, 0.3) is 0 Å². The van der Waals surface area contributed by atoms with E-state index in [1.807, 2.05) is 25.1 Å². The first-order chi connectivity index (χ1) is 14.7. The standard InChI is InChI=1S/C26H27O3P/c1-3-28-22(20-26(27)29-4-2)21-30(23-14-8-5-9-15-23,24-16-10-6-11-17-24)25-18-12-7-13-19-25/h5-21H,3-4H2,1-2H3. The Morgan fingerprint density at radius 3 is 1.47 bits per heavy atom. The van der Waals surface area contributed by atoms with Gasteiger partial charge < -0.3 is 9.47 Å². The normalized spacial score (nSPS) is 11.6. The Morgan fingerprint density at radius 2 is 1.10 bits per heavy atom. The maximum absolute atomic E-state index is 12.2. The molecule has 0 spiro atoms. The average Bonchev–Trinajstić information content (AvgIpc) is 2.79. The molecule has 0 aromatic heterocycles. The number of hydrogen-bond donors (Lipinski definition) is 0. The Hall–Kier alpha value is -3.03. The number of ether oxygens (including phenoxy) is 2. The zero-order valence-electron chi connectivity index (χ0n) is 17.4. The molecule has 0 radical (unpaired) electrons. The highest BCUT2D eigenvalue weighted by Crippen LogP contribution is 2.44. The molecule has 0 fully saturated rings. The van der Waals surface area contributed by atoms with Gasteiger partial charge in [-0.3, -0.25) is 0 Å². The molecule has 0 aliphatic rings. The Labute approximate surface area is 179 Å². The number of carbonyl (C=O) groups excluding carboxylic acids is 1. The summed E-state index contributed by atoms with van der Waals surface area (Å²) in [6.45, 7) is 2.26. The van der Waals surface area contributed by atoms with Gasteiger partial charge in [0.2, 0.25) is 0 Å². The lowest BCUT2D eigenvalue weighted by molar-refractivity contribution is -0.137. The molecule has 0 bridgehead atoms. The molecule has 0 atom stereocenters. The van der Waals surface area contributed by atoms with Crippen molar-refractivity contribution in [1.29, 1.82) is 0 Å². The van der Waals surface area contributed by atoms with E-state index in [-0.39, 0.29) is 0 Å². The maximum Gasteiger partial charge on any atom is 0.334 e. The van der Waals surface area contributed by atoms with Crippen LogP contribution < -0.4 is 15.9 Å². The van der Waals surface area contributed by atoms with E-state index in [1.54, 1.807) is 6.92 Å². The van der Waals surface area contributed by atoms with E-state index in [0.717, 1.165) is 0 Å². The zero-order valence-corrected chi connectivity index (χ0v) is 18.3. The molecule has 0 N–H and O–H groups in total. The second-order valence-electron chi connectivity index (χ2n) is 6.59. The van der Waals surface area contributed by atoms with Crippen LogP contribution in [-0.4, -0.2) is 25.0 Å². The third-order valence-corrected chi connectivity index (χ3v) is 8.65. The van der Waals surface area contributed by atoms with Crippen LogP contribution in [0.4, 0.5) is 0 Å². The fourth-order valence-corrected chi connectivity index (χ4v) is 7.23. The zero-order chi connectivity index (χ0) is 21.2. The van der Waals surface area contributed by atoms with Crippen molar-refractivity contribution in [3.8, 4) is 0 Å². The molecular weight excluding hydrogens is 391 g/mol. The molecule has 0 saturated carbocycles. The molecular formula is C26H27O3P. The van der Waals surface area contributed by atoms with Gasteiger partial charge in [0.25, 0.3) is 0 Å². The Bertz CT molecular complexity index is 922. The van der Waals surface area contributed by atoms with Crippen LogP contribution in [0, 0.1) is 0 Å². The molecule has 0 aliphatic carbocycles. The van der Waals surface area contributed by atoms with Crippen LogP contribution in [0.2, 0.25) is 0 Å². The van der Waals surface area contributed by atoms with Crippen LogP contribution in [0.5, 0.6) is 0 Å². The van der Waals surface area contributed by atoms with Crippen LogP contribution in [0.3, 0.4) is 0 Å². The van der Waals surface area contributed by atoms with E-state index in [4.69, 9.17) is 9.47 Å². The molecule has 0 heterocycles. The minimum Gasteiger partial charge on any atom is -0.494 e. The van der Waals surface area contributed by atoms with E-state index < -0.39 is 12.9 Å². The summed E-state index contributed by atoms with van der Waals surface area (Å²) in [4.78, 5) is 12.2. The highest BCUT2D eigenvalue weighted by Gasteiger charge is 2.26. The van der Waals surface area contributed by atoms with E-state index in [1.165, 1.54) is 22.0 Å². The number of benzene rings is 3. The van der Waals surface area contributed by atoms with Gasteiger partial charge in [-0.1, -0.05) is 91.0 Å². The van der Waals surface area contributed by atoms with Gasteiger partial charge in [-0.2, -0.15) is 0 Å². The van der Waals surface area contributed by atoms with Crippen molar-refractivity contribution in [1.82, 2.24) is 0 Å². The van der Waals surface area contributed by atoms with Crippen molar-refractivity contribution in [2.24, 2.45) is 0 Å². The molecule has 0 saturated heterocycles. The number of hydrogen-bond acceptors (Lipinski definition) is 3. The first kappa shape index (κ1) is 21.7. The van der Waals surface area contributed by atoms with Gasteiger partial charge in [0.15, 0.2) is 0 Å². The summed E-state index contributed by atoms with van der Waals surface area (Å²) in [6, 6.07) is 31.3. The second kappa shape index (κ2) is 10.7. The lowest BCUT2D eigenvalue weighted by Crippen LogP contribution is -2.27. The number of rotatable bonds is 8. The fraction of sp³-hybridized carbons (Fsp3) is 0.154. The Morgan fingerprint density at radius 1 is 0.700 bits per heavy atom. The molecule has 3 rings (SSSR count). The molecule has 3 aromatic rings. The van der Waals surface area contributed by atoms with Gasteiger partial charge in [0.1, 0.15) is 5.76 Å². The van der Waals surface area contributed by atoms with Crippen molar-refractivity contribution in [3.05, 3.63) is 103 Å². The second-order valence-corrected chi connectivity index (χ2v) is 9.84. The highest BCUT2D eigenvalue weighted by molar-refractivity contribution is 7.94. The third kappa shape index (κ3) is 4.93. The van der Waals surface area contributed by atoms with E-state index >= 15 is 0 Å². The minimum absolute atomic E-state index is 0.324. The molecule has 4 heteroatoms. The van der Waals surface area contributed by atoms with Crippen molar-refractivity contribution in [2.45, 2.75) is 13.8 Å². The lowest BCUT2D eigenvalue weighted by Gasteiger charge is -2.29. The Balaban J connectivity index is 2.38. The van der Waals surface area contributed by atoms with Gasteiger partial charge in [-0.05, 0) is 42.4 Å². The summed E-state index contributed by atoms with van der Waals surface area (Å²) in [6.07, 6.45) is 1.45. The van der Waals surface area contributed by atoms with Gasteiger partial charge in [-0.15, -0.1) is 0 Å². The van der Waals surface area contributed by atoms with Crippen molar-refractivity contribution in [2.75, 3.05) is 13.2 Å². The monoisotopic (exact) mass is 418 g/mol. The van der Waals surface area contributed by atoms with Crippen LogP contribution >= 0.6 is 6.89 Å². The number of esters is 1. The van der Waals surface area contributed by atoms with Crippen molar-refractivity contribution < 1.29 is 14.3 Å². The highest BCUT2D eigenvalue weighted by atomic mass is 31.2. The van der Waals surface area contributed by atoms with E-state index in [9.17, 15) is 4.79 Å². The molecule has 30 heavy (non-hydrogen) atoms. The fourth-order valence-electron chi connectivity index (χ4n) is 3.43. The molecule has 0 amide bonds. The number of allylic oxidation sites excluding steroid dienone is 1. The summed E-state index contributed by atoms with van der Waals surface area (Å²) in [5, 5.41) is 3.57. The van der Waals surface area contributed by atoms with E-state index in [2.05, 4.69) is 78.6 Å². The smallest absolute Gasteiger partial charge is 0.334 e. The molecule has 154 valence electrons. The first-order valence-electron chi connectivity index (χ1n) is 10.1. The quantitative estimate of drug-likeness (QED) is 0.237. The number of carbonyl (C=O) groups is 1. The lowest BCUT2D eigenvalue weighted by atomic mass is 10.4. The van der Waals surface area contributed by atoms with Gasteiger partial charge >= 0.3 is 5.97 Å². The summed E-state index contributed by atoms with van der Waals surface area (Å²) in [7, 11) is 0. The predicted octanol–water partition coefficient (Wildman–Crippen LogP) is 4.27. The van der Waals surface area contributed by atoms with Gasteiger partial charge in [0.05, 0.1) is 19.3 Å². The van der Waals surface area contributed by atoms with Gasteiger partial charge in [0, 0.05) is 0 Å². The van der Waals surface area contributed by atoms with E-state index in [0.29, 0.717) is 19.0 Å². The average molecular weight is 418 g/mol. The van der Waals surface area contributed by atoms with Gasteiger partial charge in [-0.25, -0.2) is 4.79 Å². The summed E-state index contributed by atoms with van der Waals surface area (Å²) < 4.78 is 11.1. The van der Waals surface area contributed by atoms with Crippen molar-refractivity contribution >= 4 is 34.6 Å². The SMILES string of the molecule is CCOC(=O)C=C(C=P(c1ccccc1)(c1ccccc1)c1ccccc1)OCC.